The average molecular weight is 282 g/mol. The van der Waals surface area contributed by atoms with E-state index in [9.17, 15) is 8.42 Å². The van der Waals surface area contributed by atoms with Crippen LogP contribution in [0, 0.1) is 6.92 Å². The molecule has 19 heavy (non-hydrogen) atoms. The maximum Gasteiger partial charge on any atom is 0.243 e. The largest absolute Gasteiger partial charge is 0.315 e. The molecule has 0 spiro atoms. The van der Waals surface area contributed by atoms with Crippen molar-refractivity contribution < 1.29 is 8.42 Å². The number of benzene rings is 1. The molecule has 1 aliphatic heterocycles. The van der Waals surface area contributed by atoms with Crippen LogP contribution < -0.4 is 5.32 Å². The molecule has 0 aromatic heterocycles. The van der Waals surface area contributed by atoms with E-state index in [1.54, 1.807) is 16.4 Å². The highest BCUT2D eigenvalue weighted by Gasteiger charge is 2.37. The van der Waals surface area contributed by atoms with Gasteiger partial charge in [0.15, 0.2) is 0 Å². The van der Waals surface area contributed by atoms with Gasteiger partial charge in [-0.1, -0.05) is 17.7 Å². The smallest absolute Gasteiger partial charge is 0.243 e. The first-order valence-corrected chi connectivity index (χ1v) is 8.08. The van der Waals surface area contributed by atoms with Crippen LogP contribution in [0.2, 0.25) is 0 Å². The van der Waals surface area contributed by atoms with E-state index in [1.165, 1.54) is 0 Å². The second kappa shape index (κ2) is 5.23. The van der Waals surface area contributed by atoms with Crippen LogP contribution in [0.25, 0.3) is 0 Å². The summed E-state index contributed by atoms with van der Waals surface area (Å²) in [6.07, 6.45) is 0.842. The summed E-state index contributed by atoms with van der Waals surface area (Å²) in [7, 11) is -3.42. The third kappa shape index (κ3) is 2.99. The van der Waals surface area contributed by atoms with Gasteiger partial charge in [0, 0.05) is 18.6 Å². The maximum atomic E-state index is 12.8. The number of nitrogens with zero attached hydrogens (tertiary/aromatic N) is 1. The van der Waals surface area contributed by atoms with Crippen LogP contribution in [-0.2, 0) is 10.0 Å². The van der Waals surface area contributed by atoms with E-state index in [0.717, 1.165) is 18.5 Å². The molecule has 2 rings (SSSR count). The summed E-state index contributed by atoms with van der Waals surface area (Å²) >= 11 is 0. The number of sulfonamides is 1. The van der Waals surface area contributed by atoms with Crippen LogP contribution in [0.3, 0.4) is 0 Å². The van der Waals surface area contributed by atoms with E-state index in [4.69, 9.17) is 0 Å². The predicted octanol–water partition coefficient (Wildman–Crippen LogP) is 1.76. The Morgan fingerprint density at radius 2 is 1.84 bits per heavy atom. The molecule has 5 heteroatoms. The Morgan fingerprint density at radius 3 is 2.47 bits per heavy atom. The quantitative estimate of drug-likeness (QED) is 0.899. The van der Waals surface area contributed by atoms with E-state index in [1.807, 2.05) is 32.9 Å². The molecule has 0 bridgehead atoms. The lowest BCUT2D eigenvalue weighted by atomic mass is 10.1. The Balaban J connectivity index is 2.39. The van der Waals surface area contributed by atoms with Crippen molar-refractivity contribution in [2.24, 2.45) is 0 Å². The van der Waals surface area contributed by atoms with Gasteiger partial charge in [0.2, 0.25) is 10.0 Å². The molecule has 1 aromatic rings. The number of nitrogens with one attached hydrogen (secondary N) is 1. The molecular weight excluding hydrogens is 260 g/mol. The monoisotopic (exact) mass is 282 g/mol. The molecule has 0 saturated carbocycles. The minimum atomic E-state index is -3.42. The zero-order chi connectivity index (χ0) is 14.1. The summed E-state index contributed by atoms with van der Waals surface area (Å²) < 4.78 is 27.2. The van der Waals surface area contributed by atoms with E-state index >= 15 is 0 Å². The summed E-state index contributed by atoms with van der Waals surface area (Å²) in [6.45, 7) is 8.00. The summed E-state index contributed by atoms with van der Waals surface area (Å²) in [6, 6.07) is 7.07. The normalized spacial score (nSPS) is 21.0. The van der Waals surface area contributed by atoms with Crippen molar-refractivity contribution in [3.63, 3.8) is 0 Å². The molecule has 0 atom stereocenters. The molecule has 106 valence electrons. The van der Waals surface area contributed by atoms with Crippen LogP contribution in [-0.4, -0.2) is 37.9 Å². The molecule has 0 aliphatic carbocycles. The van der Waals surface area contributed by atoms with Crippen LogP contribution >= 0.6 is 0 Å². The molecule has 0 unspecified atom stereocenters. The van der Waals surface area contributed by atoms with Gasteiger partial charge >= 0.3 is 0 Å². The van der Waals surface area contributed by atoms with Crippen molar-refractivity contribution in [2.75, 3.05) is 19.6 Å². The number of hydrogen-bond acceptors (Lipinski definition) is 3. The molecule has 1 N–H and O–H groups in total. The van der Waals surface area contributed by atoms with Gasteiger partial charge in [-0.25, -0.2) is 8.42 Å². The second-order valence-corrected chi connectivity index (χ2v) is 7.60. The van der Waals surface area contributed by atoms with E-state index in [2.05, 4.69) is 5.32 Å². The van der Waals surface area contributed by atoms with Gasteiger partial charge in [-0.3, -0.25) is 0 Å². The van der Waals surface area contributed by atoms with Crippen molar-refractivity contribution in [2.45, 2.75) is 37.6 Å². The zero-order valence-electron chi connectivity index (χ0n) is 11.8. The summed E-state index contributed by atoms with van der Waals surface area (Å²) in [4.78, 5) is 0.382. The van der Waals surface area contributed by atoms with Crippen LogP contribution in [0.5, 0.6) is 0 Å². The first-order chi connectivity index (χ1) is 8.84. The minimum absolute atomic E-state index is 0.382. The molecule has 0 radical (unpaired) electrons. The number of aryl methyl sites for hydroxylation is 1. The van der Waals surface area contributed by atoms with Gasteiger partial charge in [0.25, 0.3) is 0 Å². The zero-order valence-corrected chi connectivity index (χ0v) is 12.6. The van der Waals surface area contributed by atoms with Crippen molar-refractivity contribution >= 4 is 10.0 Å². The topological polar surface area (TPSA) is 49.4 Å². The van der Waals surface area contributed by atoms with Gasteiger partial charge in [0.1, 0.15) is 0 Å². The highest BCUT2D eigenvalue weighted by Crippen LogP contribution is 2.26. The fraction of sp³-hybridized carbons (Fsp3) is 0.571. The van der Waals surface area contributed by atoms with Crippen molar-refractivity contribution in [1.29, 1.82) is 0 Å². The molecule has 1 aromatic carbocycles. The number of hydrogen-bond donors (Lipinski definition) is 1. The van der Waals surface area contributed by atoms with Crippen LogP contribution in [0.15, 0.2) is 29.2 Å². The van der Waals surface area contributed by atoms with E-state index < -0.39 is 15.6 Å². The Hall–Kier alpha value is -0.910. The van der Waals surface area contributed by atoms with Gasteiger partial charge < -0.3 is 5.32 Å². The van der Waals surface area contributed by atoms with Gasteiger partial charge in [-0.05, 0) is 45.9 Å². The van der Waals surface area contributed by atoms with Crippen molar-refractivity contribution in [3.05, 3.63) is 29.8 Å². The lowest BCUT2D eigenvalue weighted by molar-refractivity contribution is 0.242. The standard InChI is InChI=1S/C14H22N2O2S/c1-12-5-7-13(8-6-12)19(17,18)16-10-4-9-15-11-14(16,2)3/h5-8,15H,4,9-11H2,1-3H3. The SMILES string of the molecule is Cc1ccc(S(=O)(=O)N2CCCNCC2(C)C)cc1. The molecule has 1 saturated heterocycles. The third-order valence-electron chi connectivity index (χ3n) is 3.56. The molecular formula is C14H22N2O2S. The molecule has 1 fully saturated rings. The molecule has 4 nitrogen and oxygen atoms in total. The Morgan fingerprint density at radius 1 is 1.21 bits per heavy atom. The Labute approximate surface area is 115 Å². The molecule has 1 aliphatic rings. The highest BCUT2D eigenvalue weighted by molar-refractivity contribution is 7.89. The Bertz CT molecular complexity index is 535. The molecule has 1 heterocycles. The van der Waals surface area contributed by atoms with Gasteiger partial charge in [-0.15, -0.1) is 0 Å². The van der Waals surface area contributed by atoms with E-state index in [0.29, 0.717) is 18.0 Å². The average Bonchev–Trinajstić information content (AvgIpc) is 2.50. The fourth-order valence-corrected chi connectivity index (χ4v) is 4.23. The first kappa shape index (κ1) is 14.5. The van der Waals surface area contributed by atoms with Gasteiger partial charge in [-0.2, -0.15) is 4.31 Å². The van der Waals surface area contributed by atoms with Crippen molar-refractivity contribution in [1.82, 2.24) is 9.62 Å². The maximum absolute atomic E-state index is 12.8. The van der Waals surface area contributed by atoms with Crippen LogP contribution in [0.1, 0.15) is 25.8 Å². The molecule has 0 amide bonds. The lowest BCUT2D eigenvalue weighted by Gasteiger charge is -2.35. The lowest BCUT2D eigenvalue weighted by Crippen LogP contribution is -2.51. The predicted molar refractivity (Wildman–Crippen MR) is 76.6 cm³/mol. The number of rotatable bonds is 2. The fourth-order valence-electron chi connectivity index (χ4n) is 2.42. The third-order valence-corrected chi connectivity index (χ3v) is 5.68. The first-order valence-electron chi connectivity index (χ1n) is 6.64. The van der Waals surface area contributed by atoms with E-state index in [-0.39, 0.29) is 0 Å². The van der Waals surface area contributed by atoms with Crippen molar-refractivity contribution in [3.8, 4) is 0 Å². The summed E-state index contributed by atoms with van der Waals surface area (Å²) in [5.41, 5.74) is 0.663. The van der Waals surface area contributed by atoms with Gasteiger partial charge in [0.05, 0.1) is 4.90 Å². The summed E-state index contributed by atoms with van der Waals surface area (Å²) in [5, 5.41) is 3.29. The second-order valence-electron chi connectivity index (χ2n) is 5.73. The minimum Gasteiger partial charge on any atom is -0.315 e. The Kier molecular flexibility index (Phi) is 3.99. The van der Waals surface area contributed by atoms with Crippen LogP contribution in [0.4, 0.5) is 0 Å². The summed E-state index contributed by atoms with van der Waals surface area (Å²) in [5.74, 6) is 0. The highest BCUT2D eigenvalue weighted by atomic mass is 32.2.